The van der Waals surface area contributed by atoms with E-state index in [1.807, 2.05) is 42.5 Å². The van der Waals surface area contributed by atoms with E-state index in [9.17, 15) is 0 Å². The lowest BCUT2D eigenvalue weighted by molar-refractivity contribution is 0.631. The second-order valence-corrected chi connectivity index (χ2v) is 6.38. The van der Waals surface area contributed by atoms with Gasteiger partial charge in [-0.1, -0.05) is 34.9 Å². The first-order valence-electron chi connectivity index (χ1n) is 8.29. The van der Waals surface area contributed by atoms with Gasteiger partial charge in [-0.25, -0.2) is 0 Å². The van der Waals surface area contributed by atoms with E-state index in [0.29, 0.717) is 10.6 Å². The minimum absolute atomic E-state index is 0.487. The van der Waals surface area contributed by atoms with Crippen LogP contribution in [-0.4, -0.2) is 46.4 Å². The number of aromatic nitrogens is 4. The van der Waals surface area contributed by atoms with Crippen molar-refractivity contribution in [1.29, 1.82) is 5.26 Å². The molecule has 1 fully saturated rings. The molecule has 0 unspecified atom stereocenters. The first-order chi connectivity index (χ1) is 12.8. The summed E-state index contributed by atoms with van der Waals surface area (Å²) in [5.74, 6) is 0.744. The van der Waals surface area contributed by atoms with E-state index >= 15 is 0 Å². The van der Waals surface area contributed by atoms with Crippen molar-refractivity contribution in [2.24, 2.45) is 0 Å². The predicted molar refractivity (Wildman–Crippen MR) is 99.7 cm³/mol. The molecule has 130 valence electrons. The summed E-state index contributed by atoms with van der Waals surface area (Å²) in [6.45, 7) is 3.24. The molecule has 26 heavy (non-hydrogen) atoms. The number of nitriles is 1. The van der Waals surface area contributed by atoms with Gasteiger partial charge in [0.1, 0.15) is 6.07 Å². The molecule has 0 atom stereocenters. The molecule has 1 aliphatic heterocycles. The van der Waals surface area contributed by atoms with Crippen LogP contribution in [0.2, 0.25) is 5.02 Å². The number of anilines is 2. The third kappa shape index (κ3) is 3.07. The molecule has 7 nitrogen and oxygen atoms in total. The molecule has 4 rings (SSSR count). The largest absolute Gasteiger partial charge is 0.368 e. The number of benzene rings is 2. The van der Waals surface area contributed by atoms with Crippen molar-refractivity contribution >= 4 is 23.2 Å². The number of piperazine rings is 1. The number of para-hydroxylation sites is 1. The fraction of sp³-hybridized carbons (Fsp3) is 0.222. The zero-order valence-corrected chi connectivity index (χ0v) is 14.7. The minimum Gasteiger partial charge on any atom is -0.368 e. The summed E-state index contributed by atoms with van der Waals surface area (Å²) in [6.07, 6.45) is 0. The van der Waals surface area contributed by atoms with Crippen molar-refractivity contribution in [2.75, 3.05) is 36.0 Å². The molecule has 0 bridgehead atoms. The number of nitrogens with zero attached hydrogens (tertiary/aromatic N) is 7. The number of tetrazole rings is 1. The molecule has 0 spiro atoms. The molecule has 0 N–H and O–H groups in total. The summed E-state index contributed by atoms with van der Waals surface area (Å²) in [6, 6.07) is 17.5. The van der Waals surface area contributed by atoms with Crippen LogP contribution in [0, 0.1) is 11.3 Å². The van der Waals surface area contributed by atoms with Crippen LogP contribution in [0.1, 0.15) is 5.56 Å². The van der Waals surface area contributed by atoms with E-state index in [4.69, 9.17) is 16.9 Å². The van der Waals surface area contributed by atoms with Gasteiger partial charge in [0, 0.05) is 31.9 Å². The average molecular weight is 366 g/mol. The molecular weight excluding hydrogens is 350 g/mol. The second kappa shape index (κ2) is 7.02. The van der Waals surface area contributed by atoms with Gasteiger partial charge < -0.3 is 9.80 Å². The number of halogens is 1. The molecule has 8 heteroatoms. The van der Waals surface area contributed by atoms with E-state index in [1.54, 1.807) is 10.7 Å². The lowest BCUT2D eigenvalue weighted by Gasteiger charge is -2.36. The Morgan fingerprint density at radius 2 is 1.65 bits per heavy atom. The van der Waals surface area contributed by atoms with E-state index in [2.05, 4.69) is 31.4 Å². The van der Waals surface area contributed by atoms with Crippen molar-refractivity contribution in [2.45, 2.75) is 0 Å². The Morgan fingerprint density at radius 1 is 0.923 bits per heavy atom. The van der Waals surface area contributed by atoms with Gasteiger partial charge in [-0.05, 0) is 40.8 Å². The Hall–Kier alpha value is -3.11. The fourth-order valence-corrected chi connectivity index (χ4v) is 3.29. The third-order valence-electron chi connectivity index (χ3n) is 4.45. The van der Waals surface area contributed by atoms with Crippen molar-refractivity contribution in [3.8, 4) is 11.8 Å². The summed E-state index contributed by atoms with van der Waals surface area (Å²) in [5.41, 5.74) is 2.46. The number of rotatable bonds is 3. The highest BCUT2D eigenvalue weighted by Gasteiger charge is 2.22. The Kier molecular flexibility index (Phi) is 4.42. The molecule has 0 saturated carbocycles. The lowest BCUT2D eigenvalue weighted by Crippen LogP contribution is -2.47. The first-order valence-corrected chi connectivity index (χ1v) is 8.67. The van der Waals surface area contributed by atoms with Crippen LogP contribution < -0.4 is 9.80 Å². The van der Waals surface area contributed by atoms with Gasteiger partial charge in [-0.2, -0.15) is 9.94 Å². The Labute approximate surface area is 156 Å². The van der Waals surface area contributed by atoms with Crippen LogP contribution in [0.4, 0.5) is 11.6 Å². The normalized spacial score (nSPS) is 14.3. The Bertz CT molecular complexity index is 940. The summed E-state index contributed by atoms with van der Waals surface area (Å²) in [5, 5.41) is 21.7. The standard InChI is InChI=1S/C18H16ClN7/c19-17-12-16(7-6-14(17)13-20)24-8-10-25(11-9-24)18-21-22-23-26(18)15-4-2-1-3-5-15/h1-7,12H,8-11H2. The molecule has 1 aromatic heterocycles. The van der Waals surface area contributed by atoms with Gasteiger partial charge in [0.15, 0.2) is 0 Å². The van der Waals surface area contributed by atoms with E-state index in [0.717, 1.165) is 43.5 Å². The molecule has 0 radical (unpaired) electrons. The average Bonchev–Trinajstić information content (AvgIpc) is 3.18. The van der Waals surface area contributed by atoms with E-state index in [-0.39, 0.29) is 0 Å². The van der Waals surface area contributed by atoms with E-state index < -0.39 is 0 Å². The highest BCUT2D eigenvalue weighted by Crippen LogP contribution is 2.25. The van der Waals surface area contributed by atoms with Gasteiger partial charge in [0.25, 0.3) is 0 Å². The highest BCUT2D eigenvalue weighted by atomic mass is 35.5. The maximum absolute atomic E-state index is 9.00. The Morgan fingerprint density at radius 3 is 2.35 bits per heavy atom. The molecule has 0 amide bonds. The van der Waals surface area contributed by atoms with E-state index in [1.165, 1.54) is 0 Å². The molecule has 0 aliphatic carbocycles. The summed E-state index contributed by atoms with van der Waals surface area (Å²) >= 11 is 6.16. The maximum Gasteiger partial charge on any atom is 0.250 e. The van der Waals surface area contributed by atoms with Gasteiger partial charge in [-0.3, -0.25) is 0 Å². The quantitative estimate of drug-likeness (QED) is 0.710. The fourth-order valence-electron chi connectivity index (χ4n) is 3.07. The maximum atomic E-state index is 9.00. The summed E-state index contributed by atoms with van der Waals surface area (Å²) in [7, 11) is 0. The second-order valence-electron chi connectivity index (χ2n) is 5.98. The topological polar surface area (TPSA) is 73.9 Å². The van der Waals surface area contributed by atoms with Crippen LogP contribution in [0.3, 0.4) is 0 Å². The first kappa shape index (κ1) is 16.4. The molecule has 2 heterocycles. The van der Waals surface area contributed by atoms with Gasteiger partial charge in [0.2, 0.25) is 5.95 Å². The molecule has 3 aromatic rings. The van der Waals surface area contributed by atoms with Crippen molar-refractivity contribution < 1.29 is 0 Å². The van der Waals surface area contributed by atoms with Gasteiger partial charge in [-0.15, -0.1) is 0 Å². The zero-order valence-electron chi connectivity index (χ0n) is 14.0. The van der Waals surface area contributed by atoms with Crippen LogP contribution in [0.25, 0.3) is 5.69 Å². The van der Waals surface area contributed by atoms with Crippen LogP contribution >= 0.6 is 11.6 Å². The molecule has 2 aromatic carbocycles. The third-order valence-corrected chi connectivity index (χ3v) is 4.77. The van der Waals surface area contributed by atoms with Crippen molar-refractivity contribution in [3.05, 3.63) is 59.1 Å². The van der Waals surface area contributed by atoms with Crippen molar-refractivity contribution in [3.63, 3.8) is 0 Å². The summed E-state index contributed by atoms with van der Waals surface area (Å²) < 4.78 is 1.76. The van der Waals surface area contributed by atoms with Crippen molar-refractivity contribution in [1.82, 2.24) is 20.2 Å². The smallest absolute Gasteiger partial charge is 0.250 e. The monoisotopic (exact) mass is 365 g/mol. The highest BCUT2D eigenvalue weighted by molar-refractivity contribution is 6.32. The predicted octanol–water partition coefficient (Wildman–Crippen LogP) is 2.51. The van der Waals surface area contributed by atoms with Crippen LogP contribution in [-0.2, 0) is 0 Å². The molecule has 1 saturated heterocycles. The lowest BCUT2D eigenvalue weighted by atomic mass is 10.2. The number of hydrogen-bond acceptors (Lipinski definition) is 6. The molecular formula is C18H16ClN7. The minimum atomic E-state index is 0.487. The zero-order chi connectivity index (χ0) is 17.9. The SMILES string of the molecule is N#Cc1ccc(N2CCN(c3nnnn3-c3ccccc3)CC2)cc1Cl. The van der Waals surface area contributed by atoms with Gasteiger partial charge >= 0.3 is 0 Å². The molecule has 1 aliphatic rings. The van der Waals surface area contributed by atoms with Crippen LogP contribution in [0.5, 0.6) is 0 Å². The van der Waals surface area contributed by atoms with Gasteiger partial charge in [0.05, 0.1) is 16.3 Å². The summed E-state index contributed by atoms with van der Waals surface area (Å²) in [4.78, 5) is 4.43. The Balaban J connectivity index is 1.49. The van der Waals surface area contributed by atoms with Crippen LogP contribution in [0.15, 0.2) is 48.5 Å². The number of hydrogen-bond donors (Lipinski definition) is 0.